The third-order valence-electron chi connectivity index (χ3n) is 5.01. The van der Waals surface area contributed by atoms with Gasteiger partial charge in [-0.1, -0.05) is 13.3 Å². The molecule has 1 aliphatic rings. The topological polar surface area (TPSA) is 141 Å². The maximum Gasteiger partial charge on any atom is 0.332 e. The van der Waals surface area contributed by atoms with Gasteiger partial charge in [0.05, 0.1) is 6.20 Å². The average Bonchev–Trinajstić information content (AvgIpc) is 3.21. The van der Waals surface area contributed by atoms with Gasteiger partial charge in [-0.05, 0) is 6.42 Å². The zero-order valence-corrected chi connectivity index (χ0v) is 17.6. The van der Waals surface area contributed by atoms with Crippen LogP contribution in [0.4, 0.5) is 10.3 Å². The van der Waals surface area contributed by atoms with Crippen LogP contribution < -0.4 is 11.4 Å². The summed E-state index contributed by atoms with van der Waals surface area (Å²) in [6.07, 6.45) is -1.10. The van der Waals surface area contributed by atoms with Crippen molar-refractivity contribution in [1.29, 1.82) is 0 Å². The van der Waals surface area contributed by atoms with E-state index in [4.69, 9.17) is 19.9 Å². The molecule has 3 rings (SSSR count). The van der Waals surface area contributed by atoms with Crippen LogP contribution in [0.1, 0.15) is 46.3 Å². The Morgan fingerprint density at radius 1 is 1.39 bits per heavy atom. The molecule has 0 aliphatic carbocycles. The molecule has 0 aromatic carbocycles. The number of aromatic nitrogens is 4. The molecule has 4 atom stereocenters. The van der Waals surface area contributed by atoms with E-state index in [0.717, 1.165) is 19.8 Å². The minimum atomic E-state index is -1.20. The van der Waals surface area contributed by atoms with Crippen molar-refractivity contribution in [2.75, 3.05) is 12.4 Å². The van der Waals surface area contributed by atoms with Crippen LogP contribution in [-0.4, -0.2) is 56.0 Å². The van der Waals surface area contributed by atoms with Gasteiger partial charge in [-0.15, -0.1) is 0 Å². The Balaban J connectivity index is 2.08. The molecule has 2 aromatic heterocycles. The molecule has 1 aliphatic heterocycles. The number of anilines is 1. The number of hydrogen-bond donors (Lipinski definition) is 1. The lowest BCUT2D eigenvalue weighted by Crippen LogP contribution is -2.34. The van der Waals surface area contributed by atoms with Crippen molar-refractivity contribution in [3.63, 3.8) is 0 Å². The second kappa shape index (κ2) is 9.41. The fraction of sp³-hybridized carbons (Fsp3) is 0.632. The van der Waals surface area contributed by atoms with Crippen molar-refractivity contribution in [2.45, 2.75) is 71.1 Å². The molecule has 0 spiro atoms. The Morgan fingerprint density at radius 3 is 2.74 bits per heavy atom. The first-order valence-electron chi connectivity index (χ1n) is 10.1. The van der Waals surface area contributed by atoms with Gasteiger partial charge < -0.3 is 19.9 Å². The maximum absolute atomic E-state index is 13.5. The number of nitrogens with zero attached hydrogens (tertiary/aromatic N) is 4. The van der Waals surface area contributed by atoms with Gasteiger partial charge in [-0.25, -0.2) is 18.7 Å². The molecule has 2 N–H and O–H groups in total. The van der Waals surface area contributed by atoms with Crippen molar-refractivity contribution in [2.24, 2.45) is 0 Å². The molecular weight excluding hydrogens is 413 g/mol. The Hall–Kier alpha value is -3.02. The van der Waals surface area contributed by atoms with Crippen LogP contribution in [0.25, 0.3) is 11.2 Å². The second-order valence-electron chi connectivity index (χ2n) is 7.35. The first-order chi connectivity index (χ1) is 14.8. The summed E-state index contributed by atoms with van der Waals surface area (Å²) in [5.41, 5.74) is 5.95. The van der Waals surface area contributed by atoms with Crippen LogP contribution in [0, 0.1) is 0 Å². The van der Waals surface area contributed by atoms with E-state index in [9.17, 15) is 18.8 Å². The minimum absolute atomic E-state index is 0.0285. The molecule has 1 saturated heterocycles. The van der Waals surface area contributed by atoms with Gasteiger partial charge in [-0.3, -0.25) is 14.2 Å². The van der Waals surface area contributed by atoms with E-state index in [1.807, 2.05) is 6.92 Å². The van der Waals surface area contributed by atoms with E-state index in [1.54, 1.807) is 0 Å². The van der Waals surface area contributed by atoms with Gasteiger partial charge in [-0.2, -0.15) is 4.98 Å². The smallest absolute Gasteiger partial charge is 0.332 e. The van der Waals surface area contributed by atoms with Crippen LogP contribution in [-0.2, 0) is 30.3 Å². The van der Waals surface area contributed by atoms with Crippen LogP contribution in [0.5, 0.6) is 0 Å². The predicted molar refractivity (Wildman–Crippen MR) is 107 cm³/mol. The summed E-state index contributed by atoms with van der Waals surface area (Å²) < 4.78 is 32.6. The first kappa shape index (κ1) is 22.7. The van der Waals surface area contributed by atoms with Crippen molar-refractivity contribution in [3.05, 3.63) is 16.7 Å². The van der Waals surface area contributed by atoms with Crippen LogP contribution in [0.3, 0.4) is 0 Å². The molecule has 12 heteroatoms. The van der Waals surface area contributed by atoms with Crippen molar-refractivity contribution in [1.82, 2.24) is 19.1 Å². The number of carbonyl (C=O) groups is 2. The number of esters is 2. The number of hydrogen-bond acceptors (Lipinski definition) is 9. The zero-order chi connectivity index (χ0) is 22.7. The number of unbranched alkanes of at least 4 members (excludes halogenated alkanes) is 1. The number of halogens is 1. The molecule has 0 saturated carbocycles. The van der Waals surface area contributed by atoms with Gasteiger partial charge in [0.2, 0.25) is 5.95 Å². The summed E-state index contributed by atoms with van der Waals surface area (Å²) in [5, 5.41) is 0. The molecule has 0 bridgehead atoms. The molecule has 11 nitrogen and oxygen atoms in total. The van der Waals surface area contributed by atoms with Gasteiger partial charge in [0.15, 0.2) is 18.0 Å². The normalized spacial score (nSPS) is 21.9. The molecule has 31 heavy (non-hydrogen) atoms. The van der Waals surface area contributed by atoms with Crippen LogP contribution >= 0.6 is 0 Å². The van der Waals surface area contributed by atoms with Crippen molar-refractivity contribution >= 4 is 29.1 Å². The van der Waals surface area contributed by atoms with Crippen LogP contribution in [0.2, 0.25) is 0 Å². The number of carbonyl (C=O) groups excluding carboxylic acids is 2. The Bertz CT molecular complexity index is 1020. The highest BCUT2D eigenvalue weighted by Crippen LogP contribution is 2.35. The van der Waals surface area contributed by atoms with Gasteiger partial charge in [0, 0.05) is 26.8 Å². The highest BCUT2D eigenvalue weighted by molar-refractivity contribution is 5.72. The van der Waals surface area contributed by atoms with E-state index < -0.39 is 48.8 Å². The second-order valence-corrected chi connectivity index (χ2v) is 7.35. The predicted octanol–water partition coefficient (Wildman–Crippen LogP) is 1.10. The molecular formula is C19H26FN5O6. The number of ether oxygens (including phenoxy) is 3. The molecule has 1 unspecified atom stereocenters. The number of imidazole rings is 1. The summed E-state index contributed by atoms with van der Waals surface area (Å²) in [6.45, 7) is 3.79. The molecule has 170 valence electrons. The average molecular weight is 439 g/mol. The molecule has 0 radical (unpaired) electrons. The lowest BCUT2D eigenvalue weighted by molar-refractivity contribution is -0.159. The summed E-state index contributed by atoms with van der Waals surface area (Å²) in [7, 11) is 0. The standard InChI is InChI=1S/C19H26FN5O6/c1-4-5-6-24-12-9-22-18(21)23-16(12)25(19(24)28)17-14(29-10(2)26)7-13(31-17)15(8-20)30-11(3)27/h9,13-15,17H,4-8H2,1-3H3,(H2,21,22,23)/t13-,14+,15?,17+/m0/s1. The highest BCUT2D eigenvalue weighted by atomic mass is 19.1. The van der Waals surface area contributed by atoms with Crippen LogP contribution in [0.15, 0.2) is 11.0 Å². The number of aryl methyl sites for hydroxylation is 1. The zero-order valence-electron chi connectivity index (χ0n) is 17.6. The number of rotatable bonds is 8. The quantitative estimate of drug-likeness (QED) is 0.598. The van der Waals surface area contributed by atoms with Crippen molar-refractivity contribution in [3.8, 4) is 0 Å². The largest absolute Gasteiger partial charge is 0.458 e. The third kappa shape index (κ3) is 4.68. The monoisotopic (exact) mass is 439 g/mol. The first-order valence-corrected chi connectivity index (χ1v) is 10.1. The molecule has 2 aromatic rings. The molecule has 3 heterocycles. The van der Waals surface area contributed by atoms with E-state index in [-0.39, 0.29) is 18.0 Å². The van der Waals surface area contributed by atoms with Gasteiger partial charge >= 0.3 is 17.6 Å². The van der Waals surface area contributed by atoms with Crippen molar-refractivity contribution < 1.29 is 28.2 Å². The SMILES string of the molecule is CCCCn1c(=O)n([C@@H]2O[C@H](C(CF)OC(C)=O)C[C@H]2OC(C)=O)c2nc(N)ncc21. The Morgan fingerprint density at radius 2 is 2.13 bits per heavy atom. The number of alkyl halides is 1. The number of nitrogen functional groups attached to an aromatic ring is 1. The molecule has 0 amide bonds. The van der Waals surface area contributed by atoms with Gasteiger partial charge in [0.25, 0.3) is 0 Å². The summed E-state index contributed by atoms with van der Waals surface area (Å²) in [6, 6.07) is 0. The fourth-order valence-corrected chi connectivity index (χ4v) is 3.71. The van der Waals surface area contributed by atoms with E-state index >= 15 is 0 Å². The molecule has 1 fully saturated rings. The highest BCUT2D eigenvalue weighted by Gasteiger charge is 2.45. The third-order valence-corrected chi connectivity index (χ3v) is 5.01. The van der Waals surface area contributed by atoms with E-state index in [1.165, 1.54) is 22.3 Å². The summed E-state index contributed by atoms with van der Waals surface area (Å²) in [5.74, 6) is -1.32. The summed E-state index contributed by atoms with van der Waals surface area (Å²) in [4.78, 5) is 44.5. The fourth-order valence-electron chi connectivity index (χ4n) is 3.71. The van der Waals surface area contributed by atoms with Gasteiger partial charge in [0.1, 0.15) is 24.4 Å². The Kier molecular flexibility index (Phi) is 6.88. The number of nitrogens with two attached hydrogens (primary N) is 1. The van der Waals surface area contributed by atoms with E-state index in [2.05, 4.69) is 9.97 Å². The van der Waals surface area contributed by atoms with E-state index in [0.29, 0.717) is 12.1 Å². The minimum Gasteiger partial charge on any atom is -0.458 e. The lowest BCUT2D eigenvalue weighted by atomic mass is 10.1. The summed E-state index contributed by atoms with van der Waals surface area (Å²) >= 11 is 0. The number of fused-ring (bicyclic) bond motifs is 1. The lowest BCUT2D eigenvalue weighted by Gasteiger charge is -2.21. The Labute approximate surface area is 177 Å². The maximum atomic E-state index is 13.5.